The lowest BCUT2D eigenvalue weighted by Gasteiger charge is -2.11. The second-order valence-electron chi connectivity index (χ2n) is 3.92. The highest BCUT2D eigenvalue weighted by molar-refractivity contribution is 5.95. The van der Waals surface area contributed by atoms with Crippen molar-refractivity contribution in [1.82, 2.24) is 5.32 Å². The summed E-state index contributed by atoms with van der Waals surface area (Å²) in [6, 6.07) is 3.68. The average molecular weight is 298 g/mol. The number of methoxy groups -OCH3 is 2. The van der Waals surface area contributed by atoms with Crippen molar-refractivity contribution in [2.75, 3.05) is 20.8 Å². The van der Waals surface area contributed by atoms with Gasteiger partial charge in [-0.1, -0.05) is 0 Å². The zero-order chi connectivity index (χ0) is 16.0. The van der Waals surface area contributed by atoms with E-state index >= 15 is 0 Å². The molecule has 0 bridgehead atoms. The molecule has 1 rings (SSSR count). The molecule has 0 radical (unpaired) electrons. The van der Waals surface area contributed by atoms with Crippen LogP contribution < -0.4 is 10.1 Å². The van der Waals surface area contributed by atoms with Crippen molar-refractivity contribution >= 4 is 17.6 Å². The van der Waals surface area contributed by atoms with Gasteiger partial charge in [-0.2, -0.15) is 0 Å². The Hall–Kier alpha value is -2.68. The maximum atomic E-state index is 11.8. The number of hydrogen-bond acceptors (Lipinski definition) is 6. The van der Waals surface area contributed by atoms with Gasteiger partial charge in [0.25, 0.3) is 5.91 Å². The van der Waals surface area contributed by atoms with Gasteiger partial charge in [-0.3, -0.25) is 14.9 Å². The predicted molar refractivity (Wildman–Crippen MR) is 70.4 cm³/mol. The van der Waals surface area contributed by atoms with Crippen molar-refractivity contribution in [2.24, 2.45) is 0 Å². The number of carbonyl (C=O) groups is 2. The van der Waals surface area contributed by atoms with Crippen LogP contribution in [0.1, 0.15) is 10.4 Å². The molecule has 1 amide bonds. The fourth-order valence-electron chi connectivity index (χ4n) is 1.53. The highest BCUT2D eigenvalue weighted by atomic mass is 16.6. The van der Waals surface area contributed by atoms with Crippen LogP contribution in [-0.2, 0) is 9.53 Å². The molecule has 9 nitrogen and oxygen atoms in total. The number of ether oxygens (including phenoxy) is 2. The van der Waals surface area contributed by atoms with Gasteiger partial charge in [0, 0.05) is 18.7 Å². The van der Waals surface area contributed by atoms with Crippen LogP contribution in [0.3, 0.4) is 0 Å². The van der Waals surface area contributed by atoms with Crippen LogP contribution in [0.15, 0.2) is 18.2 Å². The first-order chi connectivity index (χ1) is 9.90. The van der Waals surface area contributed by atoms with Gasteiger partial charge in [-0.25, -0.2) is 4.79 Å². The number of nitro benzene ring substituents is 1. The number of carboxylic acid groups (broad SMARTS) is 1. The Kier molecular flexibility index (Phi) is 5.61. The summed E-state index contributed by atoms with van der Waals surface area (Å²) in [5.41, 5.74) is -0.339. The maximum absolute atomic E-state index is 11.8. The van der Waals surface area contributed by atoms with Gasteiger partial charge in [0.1, 0.15) is 0 Å². The molecule has 0 saturated carbocycles. The maximum Gasteiger partial charge on any atom is 0.334 e. The summed E-state index contributed by atoms with van der Waals surface area (Å²) >= 11 is 0. The molecular weight excluding hydrogens is 284 g/mol. The zero-order valence-corrected chi connectivity index (χ0v) is 11.4. The summed E-state index contributed by atoms with van der Waals surface area (Å²) in [5, 5.41) is 21.9. The monoisotopic (exact) mass is 298 g/mol. The molecule has 2 N–H and O–H groups in total. The molecule has 0 fully saturated rings. The first-order valence-electron chi connectivity index (χ1n) is 5.77. The fourth-order valence-corrected chi connectivity index (χ4v) is 1.53. The third-order valence-electron chi connectivity index (χ3n) is 2.65. The van der Waals surface area contributed by atoms with E-state index < -0.39 is 22.9 Å². The van der Waals surface area contributed by atoms with Crippen LogP contribution in [0.2, 0.25) is 0 Å². The van der Waals surface area contributed by atoms with E-state index in [1.807, 2.05) is 0 Å². The van der Waals surface area contributed by atoms with Crippen molar-refractivity contribution in [3.8, 4) is 5.75 Å². The molecule has 1 aromatic carbocycles. The molecule has 1 aromatic rings. The Morgan fingerprint density at radius 3 is 2.57 bits per heavy atom. The number of hydrogen-bond donors (Lipinski definition) is 2. The van der Waals surface area contributed by atoms with Gasteiger partial charge in [-0.05, 0) is 12.1 Å². The normalized spacial score (nSPS) is 11.5. The number of nitro groups is 1. The number of nitrogens with one attached hydrogen (secondary N) is 1. The average Bonchev–Trinajstić information content (AvgIpc) is 2.46. The van der Waals surface area contributed by atoms with Crippen molar-refractivity contribution < 1.29 is 29.1 Å². The number of amides is 1. The highest BCUT2D eigenvalue weighted by Crippen LogP contribution is 2.27. The minimum atomic E-state index is -1.22. The smallest absolute Gasteiger partial charge is 0.334 e. The van der Waals surface area contributed by atoms with E-state index in [2.05, 4.69) is 10.1 Å². The molecule has 0 aromatic heterocycles. The van der Waals surface area contributed by atoms with Crippen LogP contribution in [0.25, 0.3) is 0 Å². The molecule has 0 aliphatic carbocycles. The Bertz CT molecular complexity index is 559. The Balaban J connectivity index is 2.86. The van der Waals surface area contributed by atoms with Crippen LogP contribution in [0.5, 0.6) is 5.75 Å². The van der Waals surface area contributed by atoms with Gasteiger partial charge >= 0.3 is 11.7 Å². The van der Waals surface area contributed by atoms with Gasteiger partial charge in [-0.15, -0.1) is 0 Å². The van der Waals surface area contributed by atoms with Gasteiger partial charge in [0.15, 0.2) is 11.9 Å². The fraction of sp³-hybridized carbons (Fsp3) is 0.333. The lowest BCUT2D eigenvalue weighted by molar-refractivity contribution is -0.385. The molecule has 1 atom stereocenters. The molecule has 1 unspecified atom stereocenters. The molecule has 9 heteroatoms. The number of rotatable bonds is 7. The van der Waals surface area contributed by atoms with E-state index in [4.69, 9.17) is 9.84 Å². The standard InChI is InChI=1S/C12H14N2O7/c1-20-9-4-3-7(5-8(9)14(18)19)11(15)13-6-10(21-2)12(16)17/h3-5,10H,6H2,1-2H3,(H,13,15)(H,16,17). The summed E-state index contributed by atoms with van der Waals surface area (Å²) in [7, 11) is 2.47. The Morgan fingerprint density at radius 2 is 2.10 bits per heavy atom. The summed E-state index contributed by atoms with van der Waals surface area (Å²) in [5.74, 6) is -1.85. The number of carboxylic acids is 1. The van der Waals surface area contributed by atoms with Crippen molar-refractivity contribution in [3.05, 3.63) is 33.9 Å². The molecule has 0 spiro atoms. The Morgan fingerprint density at radius 1 is 1.43 bits per heavy atom. The predicted octanol–water partition coefficient (Wildman–Crippen LogP) is 0.433. The van der Waals surface area contributed by atoms with E-state index in [1.54, 1.807) is 0 Å². The van der Waals surface area contributed by atoms with Crippen LogP contribution in [0, 0.1) is 10.1 Å². The highest BCUT2D eigenvalue weighted by Gasteiger charge is 2.20. The van der Waals surface area contributed by atoms with Crippen LogP contribution in [0.4, 0.5) is 5.69 Å². The Labute approximate surface area is 119 Å². The van der Waals surface area contributed by atoms with Crippen molar-refractivity contribution in [3.63, 3.8) is 0 Å². The van der Waals surface area contributed by atoms with Crippen LogP contribution in [-0.4, -0.2) is 48.8 Å². The number of carbonyl (C=O) groups excluding carboxylic acids is 1. The van der Waals surface area contributed by atoms with Gasteiger partial charge < -0.3 is 19.9 Å². The minimum absolute atomic E-state index is 0.0164. The SMILES string of the molecule is COc1ccc(C(=O)NCC(OC)C(=O)O)cc1[N+](=O)[O-]. The molecular formula is C12H14N2O7. The molecule has 0 heterocycles. The summed E-state index contributed by atoms with van der Waals surface area (Å²) in [6.45, 7) is -0.259. The summed E-state index contributed by atoms with van der Waals surface area (Å²) < 4.78 is 9.47. The first-order valence-corrected chi connectivity index (χ1v) is 5.77. The third kappa shape index (κ3) is 4.14. The number of aliphatic carboxylic acids is 1. The topological polar surface area (TPSA) is 128 Å². The van der Waals surface area contributed by atoms with E-state index in [-0.39, 0.29) is 23.5 Å². The van der Waals surface area contributed by atoms with Gasteiger partial charge in [0.05, 0.1) is 18.6 Å². The lowest BCUT2D eigenvalue weighted by Crippen LogP contribution is -2.37. The van der Waals surface area contributed by atoms with Gasteiger partial charge in [0.2, 0.25) is 0 Å². The summed E-state index contributed by atoms with van der Waals surface area (Å²) in [4.78, 5) is 32.7. The molecule has 114 valence electrons. The molecule has 21 heavy (non-hydrogen) atoms. The lowest BCUT2D eigenvalue weighted by atomic mass is 10.1. The van der Waals surface area contributed by atoms with Crippen molar-refractivity contribution in [2.45, 2.75) is 6.10 Å². The molecule has 0 saturated heterocycles. The van der Waals surface area contributed by atoms with Crippen LogP contribution >= 0.6 is 0 Å². The van der Waals surface area contributed by atoms with E-state index in [0.29, 0.717) is 0 Å². The zero-order valence-electron chi connectivity index (χ0n) is 11.4. The van der Waals surface area contributed by atoms with E-state index in [9.17, 15) is 19.7 Å². The number of benzene rings is 1. The van der Waals surface area contributed by atoms with E-state index in [0.717, 1.165) is 6.07 Å². The number of nitrogens with zero attached hydrogens (tertiary/aromatic N) is 1. The molecule has 0 aliphatic heterocycles. The van der Waals surface area contributed by atoms with Crippen molar-refractivity contribution in [1.29, 1.82) is 0 Å². The second kappa shape index (κ2) is 7.20. The first kappa shape index (κ1) is 16.4. The quantitative estimate of drug-likeness (QED) is 0.551. The molecule has 0 aliphatic rings. The minimum Gasteiger partial charge on any atom is -0.490 e. The third-order valence-corrected chi connectivity index (χ3v) is 2.65. The largest absolute Gasteiger partial charge is 0.490 e. The van der Waals surface area contributed by atoms with E-state index in [1.165, 1.54) is 26.4 Å². The summed E-state index contributed by atoms with van der Waals surface area (Å²) in [6.07, 6.45) is -1.19. The second-order valence-corrected chi connectivity index (χ2v) is 3.92.